The van der Waals surface area contributed by atoms with Crippen molar-refractivity contribution in [2.75, 3.05) is 5.32 Å². The number of carbonyl (C=O) groups excluding carboxylic acids is 1. The molecule has 128 valence electrons. The van der Waals surface area contributed by atoms with E-state index >= 15 is 0 Å². The monoisotopic (exact) mass is 334 g/mol. The highest BCUT2D eigenvalue weighted by Crippen LogP contribution is 2.35. The molecule has 2 aromatic carbocycles. The van der Waals surface area contributed by atoms with Crippen LogP contribution >= 0.6 is 0 Å². The molecular formula is C20H22N4O. The van der Waals surface area contributed by atoms with Gasteiger partial charge in [-0.25, -0.2) is 4.98 Å². The number of amides is 1. The standard InChI is InChI=1S/C20H22N4O/c21-16(13-5-2-1-3-6-13)12-19(25)22-15-9-10-17-18(11-15)24-20(23-17)14-7-4-8-14/h1-3,5-6,9-11,14,16H,4,7-8,12,21H2,(H,22,25)(H,23,24). The number of imidazole rings is 1. The van der Waals surface area contributed by atoms with Crippen LogP contribution in [0.5, 0.6) is 0 Å². The molecule has 1 fully saturated rings. The van der Waals surface area contributed by atoms with Crippen molar-refractivity contribution in [3.63, 3.8) is 0 Å². The third-order valence-electron chi connectivity index (χ3n) is 4.91. The fraction of sp³-hybridized carbons (Fsp3) is 0.300. The second-order valence-corrected chi connectivity index (χ2v) is 6.75. The van der Waals surface area contributed by atoms with Crippen LogP contribution in [-0.4, -0.2) is 15.9 Å². The van der Waals surface area contributed by atoms with Crippen LogP contribution in [0.4, 0.5) is 5.69 Å². The second kappa shape index (κ2) is 6.69. The zero-order valence-corrected chi connectivity index (χ0v) is 14.0. The van der Waals surface area contributed by atoms with Crippen LogP contribution in [0, 0.1) is 0 Å². The van der Waals surface area contributed by atoms with E-state index in [-0.39, 0.29) is 18.4 Å². The molecule has 1 aliphatic rings. The van der Waals surface area contributed by atoms with Crippen LogP contribution in [0.15, 0.2) is 48.5 Å². The number of fused-ring (bicyclic) bond motifs is 1. The molecule has 1 heterocycles. The number of H-pyrrole nitrogens is 1. The summed E-state index contributed by atoms with van der Waals surface area (Å²) in [7, 11) is 0. The summed E-state index contributed by atoms with van der Waals surface area (Å²) in [6.45, 7) is 0. The number of hydrogen-bond acceptors (Lipinski definition) is 3. The van der Waals surface area contributed by atoms with E-state index in [0.29, 0.717) is 5.92 Å². The fourth-order valence-corrected chi connectivity index (χ4v) is 3.21. The van der Waals surface area contributed by atoms with Gasteiger partial charge in [-0.3, -0.25) is 4.79 Å². The SMILES string of the molecule is NC(CC(=O)Nc1ccc2nc(C3CCC3)[nH]c2c1)c1ccccc1. The van der Waals surface area contributed by atoms with Gasteiger partial charge in [0.05, 0.1) is 11.0 Å². The summed E-state index contributed by atoms with van der Waals surface area (Å²) in [4.78, 5) is 20.3. The van der Waals surface area contributed by atoms with Crippen molar-refractivity contribution in [3.8, 4) is 0 Å². The van der Waals surface area contributed by atoms with E-state index < -0.39 is 0 Å². The summed E-state index contributed by atoms with van der Waals surface area (Å²) < 4.78 is 0. The predicted octanol–water partition coefficient (Wildman–Crippen LogP) is 3.86. The molecule has 5 nitrogen and oxygen atoms in total. The third kappa shape index (κ3) is 3.42. The van der Waals surface area contributed by atoms with E-state index in [0.717, 1.165) is 28.1 Å². The summed E-state index contributed by atoms with van der Waals surface area (Å²) in [6, 6.07) is 15.2. The number of hydrogen-bond donors (Lipinski definition) is 3. The van der Waals surface area contributed by atoms with Crippen LogP contribution < -0.4 is 11.1 Å². The van der Waals surface area contributed by atoms with Gasteiger partial charge in [-0.05, 0) is 36.6 Å². The Bertz CT molecular complexity index is 883. The lowest BCUT2D eigenvalue weighted by molar-refractivity contribution is -0.116. The minimum Gasteiger partial charge on any atom is -0.342 e. The highest BCUT2D eigenvalue weighted by atomic mass is 16.1. The normalized spacial score (nSPS) is 15.7. The largest absolute Gasteiger partial charge is 0.342 e. The number of nitrogens with two attached hydrogens (primary N) is 1. The molecule has 0 spiro atoms. The number of nitrogens with one attached hydrogen (secondary N) is 2. The van der Waals surface area contributed by atoms with E-state index in [4.69, 9.17) is 5.73 Å². The van der Waals surface area contributed by atoms with Crippen LogP contribution in [0.3, 0.4) is 0 Å². The lowest BCUT2D eigenvalue weighted by Crippen LogP contribution is -2.20. The van der Waals surface area contributed by atoms with Gasteiger partial charge in [0.2, 0.25) is 5.91 Å². The molecule has 1 saturated carbocycles. The minimum atomic E-state index is -0.303. The third-order valence-corrected chi connectivity index (χ3v) is 4.91. The first-order chi connectivity index (χ1) is 12.2. The van der Waals surface area contributed by atoms with Gasteiger partial charge >= 0.3 is 0 Å². The Kier molecular flexibility index (Phi) is 4.24. The van der Waals surface area contributed by atoms with Gasteiger partial charge in [-0.15, -0.1) is 0 Å². The number of aromatic nitrogens is 2. The lowest BCUT2D eigenvalue weighted by atomic mass is 9.85. The average molecular weight is 334 g/mol. The first-order valence-corrected chi connectivity index (χ1v) is 8.79. The van der Waals surface area contributed by atoms with Gasteiger partial charge < -0.3 is 16.0 Å². The molecule has 1 atom stereocenters. The maximum atomic E-state index is 12.3. The summed E-state index contributed by atoms with van der Waals surface area (Å²) in [5.41, 5.74) is 9.76. The molecular weight excluding hydrogens is 312 g/mol. The number of benzene rings is 2. The number of carbonyl (C=O) groups is 1. The van der Waals surface area contributed by atoms with E-state index in [1.807, 2.05) is 48.5 Å². The molecule has 0 bridgehead atoms. The van der Waals surface area contributed by atoms with Gasteiger partial charge in [0.25, 0.3) is 0 Å². The predicted molar refractivity (Wildman–Crippen MR) is 99.3 cm³/mol. The maximum Gasteiger partial charge on any atom is 0.226 e. The summed E-state index contributed by atoms with van der Waals surface area (Å²) in [5, 5.41) is 2.93. The van der Waals surface area contributed by atoms with Crippen molar-refractivity contribution in [1.82, 2.24) is 9.97 Å². The second-order valence-electron chi connectivity index (χ2n) is 6.75. The summed E-state index contributed by atoms with van der Waals surface area (Å²) in [6.07, 6.45) is 3.95. The zero-order valence-electron chi connectivity index (χ0n) is 14.0. The molecule has 4 rings (SSSR count). The fourth-order valence-electron chi connectivity index (χ4n) is 3.21. The van der Waals surface area contributed by atoms with Crippen LogP contribution in [0.2, 0.25) is 0 Å². The van der Waals surface area contributed by atoms with Crippen molar-refractivity contribution in [1.29, 1.82) is 0 Å². The van der Waals surface area contributed by atoms with Gasteiger partial charge in [-0.1, -0.05) is 36.8 Å². The van der Waals surface area contributed by atoms with Crippen molar-refractivity contribution >= 4 is 22.6 Å². The van der Waals surface area contributed by atoms with Gasteiger partial charge in [-0.2, -0.15) is 0 Å². The molecule has 4 N–H and O–H groups in total. The smallest absolute Gasteiger partial charge is 0.226 e. The number of anilines is 1. The summed E-state index contributed by atoms with van der Waals surface area (Å²) >= 11 is 0. The molecule has 25 heavy (non-hydrogen) atoms. The number of nitrogens with zero attached hydrogens (tertiary/aromatic N) is 1. The topological polar surface area (TPSA) is 83.8 Å². The molecule has 0 radical (unpaired) electrons. The van der Waals surface area contributed by atoms with E-state index in [1.54, 1.807) is 0 Å². The molecule has 5 heteroatoms. The van der Waals surface area contributed by atoms with Crippen LogP contribution in [0.25, 0.3) is 11.0 Å². The highest BCUT2D eigenvalue weighted by molar-refractivity contribution is 5.93. The molecule has 1 unspecified atom stereocenters. The molecule has 0 saturated heterocycles. The first kappa shape index (κ1) is 15.8. The van der Waals surface area contributed by atoms with Crippen molar-refractivity contribution in [2.45, 2.75) is 37.6 Å². The Hall–Kier alpha value is -2.66. The average Bonchev–Trinajstić information content (AvgIpc) is 2.96. The molecule has 1 aliphatic carbocycles. The Morgan fingerprint density at radius 2 is 2.04 bits per heavy atom. The summed E-state index contributed by atoms with van der Waals surface area (Å²) in [5.74, 6) is 1.54. The Balaban J connectivity index is 1.43. The lowest BCUT2D eigenvalue weighted by Gasteiger charge is -2.22. The van der Waals surface area contributed by atoms with Crippen LogP contribution in [0.1, 0.15) is 49.0 Å². The zero-order chi connectivity index (χ0) is 17.2. The van der Waals surface area contributed by atoms with E-state index in [9.17, 15) is 4.79 Å². The minimum absolute atomic E-state index is 0.0885. The Labute approximate surface area is 146 Å². The Morgan fingerprint density at radius 1 is 1.24 bits per heavy atom. The molecule has 3 aromatic rings. The van der Waals surface area contributed by atoms with E-state index in [2.05, 4.69) is 15.3 Å². The van der Waals surface area contributed by atoms with Gasteiger partial charge in [0.15, 0.2) is 0 Å². The van der Waals surface area contributed by atoms with Crippen molar-refractivity contribution in [3.05, 3.63) is 59.9 Å². The number of rotatable bonds is 5. The highest BCUT2D eigenvalue weighted by Gasteiger charge is 2.22. The molecule has 0 aliphatic heterocycles. The molecule has 1 amide bonds. The first-order valence-electron chi connectivity index (χ1n) is 8.79. The Morgan fingerprint density at radius 3 is 2.76 bits per heavy atom. The van der Waals surface area contributed by atoms with E-state index in [1.165, 1.54) is 19.3 Å². The van der Waals surface area contributed by atoms with Crippen LogP contribution in [-0.2, 0) is 4.79 Å². The van der Waals surface area contributed by atoms with Gasteiger partial charge in [0, 0.05) is 24.1 Å². The molecule has 1 aromatic heterocycles. The van der Waals surface area contributed by atoms with Crippen molar-refractivity contribution < 1.29 is 4.79 Å². The quantitative estimate of drug-likeness (QED) is 0.662. The van der Waals surface area contributed by atoms with Crippen molar-refractivity contribution in [2.24, 2.45) is 5.73 Å². The number of aromatic amines is 1. The maximum absolute atomic E-state index is 12.3. The van der Waals surface area contributed by atoms with Gasteiger partial charge in [0.1, 0.15) is 5.82 Å².